The number of rotatable bonds is 6. The second-order valence-corrected chi connectivity index (χ2v) is 6.87. The van der Waals surface area contributed by atoms with Gasteiger partial charge in [-0.2, -0.15) is 0 Å². The van der Waals surface area contributed by atoms with Crippen molar-refractivity contribution in [3.8, 4) is 11.5 Å². The molecule has 2 aromatic carbocycles. The number of nitrogens with one attached hydrogen (secondary N) is 1. The molecule has 1 fully saturated rings. The first-order valence-electron chi connectivity index (χ1n) is 9.71. The number of hydrogen-bond donors (Lipinski definition) is 1. The molecule has 0 atom stereocenters. The van der Waals surface area contributed by atoms with E-state index in [1.165, 1.54) is 12.5 Å². The van der Waals surface area contributed by atoms with Crippen LogP contribution >= 0.6 is 0 Å². The predicted molar refractivity (Wildman–Crippen MR) is 113 cm³/mol. The van der Waals surface area contributed by atoms with E-state index >= 15 is 0 Å². The highest BCUT2D eigenvalue weighted by molar-refractivity contribution is 6.03. The van der Waals surface area contributed by atoms with Crippen LogP contribution in [0.15, 0.2) is 48.5 Å². The van der Waals surface area contributed by atoms with Crippen LogP contribution in [0.3, 0.4) is 0 Å². The van der Waals surface area contributed by atoms with E-state index in [9.17, 15) is 9.59 Å². The first kappa shape index (κ1) is 20.5. The lowest BCUT2D eigenvalue weighted by molar-refractivity contribution is -0.111. The summed E-state index contributed by atoms with van der Waals surface area (Å²) in [5.41, 5.74) is 2.00. The normalized spacial score (nSPS) is 13.9. The van der Waals surface area contributed by atoms with Crippen molar-refractivity contribution in [2.24, 2.45) is 0 Å². The van der Waals surface area contributed by atoms with Crippen molar-refractivity contribution in [3.05, 3.63) is 59.7 Å². The lowest BCUT2D eigenvalue weighted by Gasteiger charge is -2.26. The molecular weight excluding hydrogens is 368 g/mol. The molecule has 1 aliphatic heterocycles. The zero-order chi connectivity index (χ0) is 20.6. The van der Waals surface area contributed by atoms with Crippen LogP contribution in [-0.4, -0.2) is 44.0 Å². The Morgan fingerprint density at radius 3 is 2.45 bits per heavy atom. The number of ether oxygens (including phenoxy) is 2. The largest absolute Gasteiger partial charge is 0.493 e. The minimum absolute atomic E-state index is 0.0154. The van der Waals surface area contributed by atoms with E-state index in [1.54, 1.807) is 56.7 Å². The van der Waals surface area contributed by atoms with Crippen LogP contribution in [0.4, 0.5) is 5.69 Å². The molecule has 3 rings (SSSR count). The standard InChI is InChI=1S/C23H26N2O4/c1-28-20-11-9-17(15-21(20)29-2)10-12-22(26)24-19-8-6-7-18(16-19)23(27)25-13-4-3-5-14-25/h6-12,15-16H,3-5,13-14H2,1-2H3,(H,24,26)/b12-10+. The Morgan fingerprint density at radius 2 is 1.72 bits per heavy atom. The van der Waals surface area contributed by atoms with Crippen LogP contribution in [0.1, 0.15) is 35.2 Å². The van der Waals surface area contributed by atoms with Crippen molar-refractivity contribution in [1.29, 1.82) is 0 Å². The van der Waals surface area contributed by atoms with Gasteiger partial charge in [-0.3, -0.25) is 9.59 Å². The van der Waals surface area contributed by atoms with Gasteiger partial charge in [0.2, 0.25) is 5.91 Å². The second-order valence-electron chi connectivity index (χ2n) is 6.87. The summed E-state index contributed by atoms with van der Waals surface area (Å²) in [5.74, 6) is 0.965. The molecule has 6 heteroatoms. The van der Waals surface area contributed by atoms with Gasteiger partial charge in [-0.25, -0.2) is 0 Å². The molecule has 2 aromatic rings. The number of piperidine rings is 1. The summed E-state index contributed by atoms with van der Waals surface area (Å²) in [5, 5.41) is 2.81. The zero-order valence-electron chi connectivity index (χ0n) is 16.8. The van der Waals surface area contributed by atoms with E-state index in [0.717, 1.165) is 31.5 Å². The molecule has 0 radical (unpaired) electrons. The van der Waals surface area contributed by atoms with E-state index in [-0.39, 0.29) is 11.8 Å². The predicted octanol–water partition coefficient (Wildman–Crippen LogP) is 3.98. The number of benzene rings is 2. The van der Waals surface area contributed by atoms with Crippen LogP contribution in [0.2, 0.25) is 0 Å². The molecule has 6 nitrogen and oxygen atoms in total. The van der Waals surface area contributed by atoms with Crippen molar-refractivity contribution in [3.63, 3.8) is 0 Å². The first-order chi connectivity index (χ1) is 14.1. The van der Waals surface area contributed by atoms with Crippen LogP contribution in [0.25, 0.3) is 6.08 Å². The summed E-state index contributed by atoms with van der Waals surface area (Å²) < 4.78 is 10.5. The van der Waals surface area contributed by atoms with Crippen molar-refractivity contribution < 1.29 is 19.1 Å². The fourth-order valence-corrected chi connectivity index (χ4v) is 3.32. The molecule has 152 valence electrons. The average Bonchev–Trinajstić information content (AvgIpc) is 2.77. The second kappa shape index (κ2) is 9.78. The van der Waals surface area contributed by atoms with Gasteiger partial charge in [-0.15, -0.1) is 0 Å². The zero-order valence-corrected chi connectivity index (χ0v) is 16.8. The number of nitrogens with zero attached hydrogens (tertiary/aromatic N) is 1. The molecule has 29 heavy (non-hydrogen) atoms. The molecule has 1 aliphatic rings. The van der Waals surface area contributed by atoms with Crippen molar-refractivity contribution in [2.45, 2.75) is 19.3 Å². The fourth-order valence-electron chi connectivity index (χ4n) is 3.32. The SMILES string of the molecule is COc1ccc(/C=C/C(=O)Nc2cccc(C(=O)N3CCCCC3)c2)cc1OC. The average molecular weight is 394 g/mol. The van der Waals surface area contributed by atoms with Gasteiger partial charge in [0.05, 0.1) is 14.2 Å². The van der Waals surface area contributed by atoms with Crippen molar-refractivity contribution in [1.82, 2.24) is 4.90 Å². The van der Waals surface area contributed by atoms with Crippen LogP contribution in [0, 0.1) is 0 Å². The molecule has 0 bridgehead atoms. The summed E-state index contributed by atoms with van der Waals surface area (Å²) in [4.78, 5) is 26.8. The van der Waals surface area contributed by atoms with Gasteiger partial charge in [-0.05, 0) is 61.2 Å². The maximum absolute atomic E-state index is 12.6. The van der Waals surface area contributed by atoms with Gasteiger partial charge in [0.15, 0.2) is 11.5 Å². The van der Waals surface area contributed by atoms with Gasteiger partial charge < -0.3 is 19.7 Å². The molecular formula is C23H26N2O4. The van der Waals surface area contributed by atoms with E-state index in [4.69, 9.17) is 9.47 Å². The van der Waals surface area contributed by atoms with Crippen LogP contribution < -0.4 is 14.8 Å². The van der Waals surface area contributed by atoms with Crippen LogP contribution in [-0.2, 0) is 4.79 Å². The summed E-state index contributed by atoms with van der Waals surface area (Å²) in [6, 6.07) is 12.5. The summed E-state index contributed by atoms with van der Waals surface area (Å²) in [6.07, 6.45) is 6.40. The number of carbonyl (C=O) groups excluding carboxylic acids is 2. The van der Waals surface area contributed by atoms with E-state index in [2.05, 4.69) is 5.32 Å². The maximum Gasteiger partial charge on any atom is 0.253 e. The molecule has 1 saturated heterocycles. The van der Waals surface area contributed by atoms with Crippen molar-refractivity contribution in [2.75, 3.05) is 32.6 Å². The summed E-state index contributed by atoms with van der Waals surface area (Å²) >= 11 is 0. The Bertz CT molecular complexity index is 902. The maximum atomic E-state index is 12.6. The summed E-state index contributed by atoms with van der Waals surface area (Å²) in [6.45, 7) is 1.59. The van der Waals surface area contributed by atoms with Gasteiger partial charge in [0.25, 0.3) is 5.91 Å². The topological polar surface area (TPSA) is 67.9 Å². The quantitative estimate of drug-likeness (QED) is 0.753. The Labute approximate surface area is 171 Å². The van der Waals surface area contributed by atoms with Crippen LogP contribution in [0.5, 0.6) is 11.5 Å². The molecule has 0 aliphatic carbocycles. The third-order valence-corrected chi connectivity index (χ3v) is 4.86. The Morgan fingerprint density at radius 1 is 0.966 bits per heavy atom. The number of carbonyl (C=O) groups is 2. The highest BCUT2D eigenvalue weighted by atomic mass is 16.5. The minimum atomic E-state index is -0.276. The Balaban J connectivity index is 1.65. The molecule has 2 amide bonds. The van der Waals surface area contributed by atoms with Gasteiger partial charge in [0.1, 0.15) is 0 Å². The van der Waals surface area contributed by atoms with E-state index < -0.39 is 0 Å². The van der Waals surface area contributed by atoms with Gasteiger partial charge in [-0.1, -0.05) is 12.1 Å². The smallest absolute Gasteiger partial charge is 0.253 e. The molecule has 1 heterocycles. The molecule has 1 N–H and O–H groups in total. The Hall–Kier alpha value is -3.28. The lowest BCUT2D eigenvalue weighted by Crippen LogP contribution is -2.35. The van der Waals surface area contributed by atoms with Crippen molar-refractivity contribution >= 4 is 23.6 Å². The van der Waals surface area contributed by atoms with E-state index in [0.29, 0.717) is 22.7 Å². The van der Waals surface area contributed by atoms with Gasteiger partial charge in [0, 0.05) is 30.4 Å². The fraction of sp³-hybridized carbons (Fsp3) is 0.304. The highest BCUT2D eigenvalue weighted by Gasteiger charge is 2.18. The number of likely N-dealkylation sites (tertiary alicyclic amines) is 1. The first-order valence-corrected chi connectivity index (χ1v) is 9.71. The highest BCUT2D eigenvalue weighted by Crippen LogP contribution is 2.28. The molecule has 0 aromatic heterocycles. The monoisotopic (exact) mass is 394 g/mol. The third-order valence-electron chi connectivity index (χ3n) is 4.86. The minimum Gasteiger partial charge on any atom is -0.493 e. The van der Waals surface area contributed by atoms with Gasteiger partial charge >= 0.3 is 0 Å². The summed E-state index contributed by atoms with van der Waals surface area (Å²) in [7, 11) is 3.14. The lowest BCUT2D eigenvalue weighted by atomic mass is 10.1. The number of anilines is 1. The Kier molecular flexibility index (Phi) is 6.89. The third kappa shape index (κ3) is 5.38. The number of hydrogen-bond acceptors (Lipinski definition) is 4. The molecule has 0 spiro atoms. The number of methoxy groups -OCH3 is 2. The molecule has 0 unspecified atom stereocenters. The van der Waals surface area contributed by atoms with E-state index in [1.807, 2.05) is 11.0 Å². The molecule has 0 saturated carbocycles. The number of amides is 2.